The zero-order valence-electron chi connectivity index (χ0n) is 11.3. The van der Waals surface area contributed by atoms with Gasteiger partial charge in [0.1, 0.15) is 11.6 Å². The molecule has 4 nitrogen and oxygen atoms in total. The molecule has 0 bridgehead atoms. The summed E-state index contributed by atoms with van der Waals surface area (Å²) in [6.07, 6.45) is 3.26. The van der Waals surface area contributed by atoms with Crippen LogP contribution in [0, 0.1) is 5.92 Å². The largest absolute Gasteiger partial charge is 0.315 e. The molecule has 2 aromatic heterocycles. The van der Waals surface area contributed by atoms with Gasteiger partial charge in [0.15, 0.2) is 0 Å². The fourth-order valence-electron chi connectivity index (χ4n) is 2.69. The SMILES string of the molecule is CCc1nnc2n1C[C@@H](CNCc1ccsc1)CC2. The number of aryl methyl sites for hydroxylation is 2. The zero-order chi connectivity index (χ0) is 13.1. The van der Waals surface area contributed by atoms with E-state index in [1.165, 1.54) is 17.8 Å². The summed E-state index contributed by atoms with van der Waals surface area (Å²) < 4.78 is 2.32. The van der Waals surface area contributed by atoms with Crippen molar-refractivity contribution >= 4 is 11.3 Å². The molecule has 0 spiro atoms. The van der Waals surface area contributed by atoms with E-state index in [4.69, 9.17) is 0 Å². The number of aromatic nitrogens is 3. The van der Waals surface area contributed by atoms with Crippen LogP contribution in [0.15, 0.2) is 16.8 Å². The summed E-state index contributed by atoms with van der Waals surface area (Å²) in [5, 5.41) is 16.5. The van der Waals surface area contributed by atoms with E-state index >= 15 is 0 Å². The Morgan fingerprint density at radius 1 is 1.47 bits per heavy atom. The fraction of sp³-hybridized carbons (Fsp3) is 0.571. The molecule has 1 aliphatic rings. The first-order valence-corrected chi connectivity index (χ1v) is 7.94. The van der Waals surface area contributed by atoms with Crippen LogP contribution in [0.4, 0.5) is 0 Å². The first-order valence-electron chi connectivity index (χ1n) is 6.99. The molecule has 3 rings (SSSR count). The maximum Gasteiger partial charge on any atom is 0.133 e. The number of nitrogens with one attached hydrogen (secondary N) is 1. The smallest absolute Gasteiger partial charge is 0.133 e. The van der Waals surface area contributed by atoms with Crippen LogP contribution < -0.4 is 5.32 Å². The monoisotopic (exact) mass is 276 g/mol. The Labute approximate surface area is 117 Å². The predicted octanol–water partition coefficient (Wildman–Crippen LogP) is 2.25. The number of hydrogen-bond donors (Lipinski definition) is 1. The van der Waals surface area contributed by atoms with E-state index < -0.39 is 0 Å². The van der Waals surface area contributed by atoms with Crippen molar-refractivity contribution in [2.45, 2.75) is 39.3 Å². The molecule has 1 N–H and O–H groups in total. The quantitative estimate of drug-likeness (QED) is 0.911. The van der Waals surface area contributed by atoms with Crippen molar-refractivity contribution < 1.29 is 0 Å². The van der Waals surface area contributed by atoms with E-state index in [0.29, 0.717) is 5.92 Å². The van der Waals surface area contributed by atoms with Gasteiger partial charge in [-0.05, 0) is 41.3 Å². The summed E-state index contributed by atoms with van der Waals surface area (Å²) in [5.74, 6) is 3.01. The highest BCUT2D eigenvalue weighted by molar-refractivity contribution is 7.07. The number of nitrogens with zero attached hydrogens (tertiary/aromatic N) is 3. The number of hydrogen-bond acceptors (Lipinski definition) is 4. The normalized spacial score (nSPS) is 18.5. The molecule has 3 heterocycles. The predicted molar refractivity (Wildman–Crippen MR) is 77.2 cm³/mol. The summed E-state index contributed by atoms with van der Waals surface area (Å²) in [5.41, 5.74) is 1.39. The lowest BCUT2D eigenvalue weighted by Crippen LogP contribution is -2.30. The molecule has 0 aromatic carbocycles. The third kappa shape index (κ3) is 2.87. The molecule has 1 atom stereocenters. The lowest BCUT2D eigenvalue weighted by Gasteiger charge is -2.24. The Morgan fingerprint density at radius 2 is 2.42 bits per heavy atom. The van der Waals surface area contributed by atoms with Gasteiger partial charge in [0, 0.05) is 25.9 Å². The molecule has 0 fully saturated rings. The molecular weight excluding hydrogens is 256 g/mol. The van der Waals surface area contributed by atoms with Crippen LogP contribution in [0.25, 0.3) is 0 Å². The number of rotatable bonds is 5. The molecule has 1 aliphatic heterocycles. The Hall–Kier alpha value is -1.20. The van der Waals surface area contributed by atoms with E-state index in [2.05, 4.69) is 43.8 Å². The maximum atomic E-state index is 4.28. The Bertz CT molecular complexity index is 504. The van der Waals surface area contributed by atoms with Crippen molar-refractivity contribution in [3.8, 4) is 0 Å². The third-order valence-electron chi connectivity index (χ3n) is 3.78. The second-order valence-corrected chi connectivity index (χ2v) is 5.94. The van der Waals surface area contributed by atoms with E-state index in [9.17, 15) is 0 Å². The van der Waals surface area contributed by atoms with E-state index in [1.54, 1.807) is 11.3 Å². The molecule has 0 unspecified atom stereocenters. The highest BCUT2D eigenvalue weighted by atomic mass is 32.1. The minimum absolute atomic E-state index is 0.701. The van der Waals surface area contributed by atoms with Crippen molar-refractivity contribution in [2.75, 3.05) is 6.54 Å². The minimum Gasteiger partial charge on any atom is -0.315 e. The second-order valence-electron chi connectivity index (χ2n) is 5.16. The van der Waals surface area contributed by atoms with Gasteiger partial charge in [0.25, 0.3) is 0 Å². The van der Waals surface area contributed by atoms with Crippen LogP contribution in [0.3, 0.4) is 0 Å². The van der Waals surface area contributed by atoms with Gasteiger partial charge < -0.3 is 9.88 Å². The molecule has 0 saturated heterocycles. The lowest BCUT2D eigenvalue weighted by atomic mass is 9.99. The summed E-state index contributed by atoms with van der Waals surface area (Å²) in [6, 6.07) is 2.19. The molecule has 0 amide bonds. The third-order valence-corrected chi connectivity index (χ3v) is 4.51. The highest BCUT2D eigenvalue weighted by Crippen LogP contribution is 2.20. The second kappa shape index (κ2) is 5.84. The van der Waals surface area contributed by atoms with Crippen molar-refractivity contribution in [3.05, 3.63) is 34.0 Å². The van der Waals surface area contributed by atoms with Gasteiger partial charge in [0.05, 0.1) is 0 Å². The van der Waals surface area contributed by atoms with Crippen LogP contribution in [-0.2, 0) is 25.9 Å². The van der Waals surface area contributed by atoms with Gasteiger partial charge in [-0.2, -0.15) is 11.3 Å². The molecule has 19 heavy (non-hydrogen) atoms. The summed E-state index contributed by atoms with van der Waals surface area (Å²) in [7, 11) is 0. The summed E-state index contributed by atoms with van der Waals surface area (Å²) in [4.78, 5) is 0. The average Bonchev–Trinajstić information content (AvgIpc) is 3.07. The minimum atomic E-state index is 0.701. The molecule has 2 aromatic rings. The molecule has 0 radical (unpaired) electrons. The fourth-order valence-corrected chi connectivity index (χ4v) is 3.36. The van der Waals surface area contributed by atoms with Crippen LogP contribution >= 0.6 is 11.3 Å². The first kappa shape index (κ1) is 12.8. The summed E-state index contributed by atoms with van der Waals surface area (Å²) >= 11 is 1.76. The topological polar surface area (TPSA) is 42.7 Å². The molecule has 102 valence electrons. The molecule has 0 aliphatic carbocycles. The zero-order valence-corrected chi connectivity index (χ0v) is 12.1. The van der Waals surface area contributed by atoms with E-state index in [-0.39, 0.29) is 0 Å². The highest BCUT2D eigenvalue weighted by Gasteiger charge is 2.21. The van der Waals surface area contributed by atoms with Gasteiger partial charge in [-0.1, -0.05) is 6.92 Å². The molecular formula is C14H20N4S. The van der Waals surface area contributed by atoms with Gasteiger partial charge in [-0.15, -0.1) is 10.2 Å². The number of fused-ring (bicyclic) bond motifs is 1. The first-order chi connectivity index (χ1) is 9.36. The Morgan fingerprint density at radius 3 is 3.21 bits per heavy atom. The van der Waals surface area contributed by atoms with Gasteiger partial charge in [-0.25, -0.2) is 0 Å². The summed E-state index contributed by atoms with van der Waals surface area (Å²) in [6.45, 7) is 5.28. The number of thiophene rings is 1. The maximum absolute atomic E-state index is 4.28. The van der Waals surface area contributed by atoms with Crippen LogP contribution in [0.2, 0.25) is 0 Å². The lowest BCUT2D eigenvalue weighted by molar-refractivity contribution is 0.342. The van der Waals surface area contributed by atoms with Crippen molar-refractivity contribution in [2.24, 2.45) is 5.92 Å². The van der Waals surface area contributed by atoms with Crippen molar-refractivity contribution in [1.82, 2.24) is 20.1 Å². The molecule has 5 heteroatoms. The van der Waals surface area contributed by atoms with Crippen molar-refractivity contribution in [3.63, 3.8) is 0 Å². The van der Waals surface area contributed by atoms with Gasteiger partial charge >= 0.3 is 0 Å². The van der Waals surface area contributed by atoms with Crippen molar-refractivity contribution in [1.29, 1.82) is 0 Å². The Kier molecular flexibility index (Phi) is 3.94. The van der Waals surface area contributed by atoms with Gasteiger partial charge in [0.2, 0.25) is 0 Å². The van der Waals surface area contributed by atoms with Crippen LogP contribution in [0.5, 0.6) is 0 Å². The van der Waals surface area contributed by atoms with Crippen LogP contribution in [0.1, 0.15) is 30.6 Å². The molecule has 0 saturated carbocycles. The van der Waals surface area contributed by atoms with Crippen LogP contribution in [-0.4, -0.2) is 21.3 Å². The average molecular weight is 276 g/mol. The van der Waals surface area contributed by atoms with Gasteiger partial charge in [-0.3, -0.25) is 0 Å². The van der Waals surface area contributed by atoms with E-state index in [1.807, 2.05) is 0 Å². The van der Waals surface area contributed by atoms with E-state index in [0.717, 1.165) is 38.3 Å². The Balaban J connectivity index is 1.53. The standard InChI is InChI=1S/C14H20N4S/c1-2-13-16-17-14-4-3-11(9-18(13)14)7-15-8-12-5-6-19-10-12/h5-6,10-11,15H,2-4,7-9H2,1H3/t11-/m1/s1.